The van der Waals surface area contributed by atoms with Gasteiger partial charge in [0.1, 0.15) is 26.7 Å². The molecular weight excluding hydrogens is 196 g/mol. The second-order valence-electron chi connectivity index (χ2n) is 2.57. The molecule has 1 rings (SSSR count). The van der Waals surface area contributed by atoms with E-state index in [0.717, 1.165) is 27.4 Å². The Bertz CT molecular complexity index is 234. The first-order valence-electron chi connectivity index (χ1n) is 4.03. The van der Waals surface area contributed by atoms with Gasteiger partial charge in [-0.15, -0.1) is 6.58 Å². The van der Waals surface area contributed by atoms with E-state index in [1.165, 1.54) is 5.56 Å². The van der Waals surface area contributed by atoms with E-state index in [2.05, 4.69) is 10.7 Å². The molecule has 0 spiro atoms. The van der Waals surface area contributed by atoms with Crippen LogP contribution in [-0.4, -0.2) is 26.1 Å². The molecule has 1 aromatic rings. The van der Waals surface area contributed by atoms with Gasteiger partial charge in [0.25, 0.3) is 0 Å². The van der Waals surface area contributed by atoms with Crippen LogP contribution in [0.1, 0.15) is 5.56 Å². The minimum atomic E-state index is 0.313. The van der Waals surface area contributed by atoms with E-state index in [0.29, 0.717) is 5.75 Å². The van der Waals surface area contributed by atoms with Crippen molar-refractivity contribution in [3.8, 4) is 5.75 Å². The molecule has 0 aliphatic heterocycles. The summed E-state index contributed by atoms with van der Waals surface area (Å²) in [7, 11) is 1.86. The van der Waals surface area contributed by atoms with Crippen LogP contribution in [0.3, 0.4) is 0 Å². The van der Waals surface area contributed by atoms with Crippen LogP contribution in [0.25, 0.3) is 0 Å². The Kier molecular flexibility index (Phi) is 7.28. The lowest BCUT2D eigenvalue weighted by molar-refractivity contribution is 0.475. The molecule has 0 heterocycles. The van der Waals surface area contributed by atoms with Crippen LogP contribution in [0.4, 0.5) is 0 Å². The smallest absolute Gasteiger partial charge is 0.129 e. The summed E-state index contributed by atoms with van der Waals surface area (Å²) in [5.41, 5.74) is 1.17. The predicted octanol–water partition coefficient (Wildman–Crippen LogP) is -0.316. The Morgan fingerprint density at radius 3 is 2.15 bits per heavy atom. The van der Waals surface area contributed by atoms with Crippen molar-refractivity contribution in [2.75, 3.05) is 0 Å². The van der Waals surface area contributed by atoms with Crippen LogP contribution in [-0.2, 0) is 10.5 Å². The van der Waals surface area contributed by atoms with Crippen molar-refractivity contribution >= 4 is 21.0 Å². The Morgan fingerprint density at radius 1 is 1.31 bits per heavy atom. The maximum Gasteiger partial charge on any atom is 0.129 e. The summed E-state index contributed by atoms with van der Waals surface area (Å²) < 4.78 is 4.53. The molecule has 0 aliphatic carbocycles. The molecule has 0 amide bonds. The molecule has 0 aliphatic rings. The summed E-state index contributed by atoms with van der Waals surface area (Å²) in [5, 5.41) is 8.90. The zero-order valence-electron chi connectivity index (χ0n) is 8.16. The van der Waals surface area contributed by atoms with Gasteiger partial charge in [0.15, 0.2) is 0 Å². The van der Waals surface area contributed by atoms with Crippen LogP contribution in [0, 0.1) is 0 Å². The number of rotatable bonds is 2. The number of phenols is 1. The van der Waals surface area contributed by atoms with Gasteiger partial charge in [0.2, 0.25) is 0 Å². The van der Waals surface area contributed by atoms with Crippen LogP contribution in [0.2, 0.25) is 0 Å². The quantitative estimate of drug-likeness (QED) is 0.538. The molecule has 0 unspecified atom stereocenters. The van der Waals surface area contributed by atoms with Gasteiger partial charge in [0, 0.05) is 0 Å². The van der Waals surface area contributed by atoms with E-state index in [-0.39, 0.29) is 0 Å². The lowest BCUT2D eigenvalue weighted by Gasteiger charge is -1.94. The highest BCUT2D eigenvalue weighted by molar-refractivity contribution is 6.15. The van der Waals surface area contributed by atoms with Gasteiger partial charge >= 0.3 is 0 Å². The van der Waals surface area contributed by atoms with Gasteiger partial charge in [-0.3, -0.25) is 0 Å². The highest BCUT2D eigenvalue weighted by Gasteiger charge is 1.87. The van der Waals surface area contributed by atoms with Crippen molar-refractivity contribution in [1.82, 2.24) is 0 Å². The average Bonchev–Trinajstić information content (AvgIpc) is 2.11. The molecule has 0 saturated carbocycles. The van der Waals surface area contributed by atoms with Gasteiger partial charge in [-0.25, -0.2) is 0 Å². The van der Waals surface area contributed by atoms with Crippen LogP contribution in [0.5, 0.6) is 5.75 Å². The Labute approximate surface area is 85.3 Å². The molecule has 0 atom stereocenters. The van der Waals surface area contributed by atoms with Gasteiger partial charge in [-0.05, 0) is 24.1 Å². The van der Waals surface area contributed by atoms with Crippen molar-refractivity contribution in [3.63, 3.8) is 0 Å². The van der Waals surface area contributed by atoms with Crippen molar-refractivity contribution < 1.29 is 9.22 Å². The molecule has 1 N–H and O–H groups in total. The predicted molar refractivity (Wildman–Crippen MR) is 63.0 cm³/mol. The van der Waals surface area contributed by atoms with Gasteiger partial charge in [-0.1, -0.05) is 18.2 Å². The second kappa shape index (κ2) is 7.78. The lowest BCUT2D eigenvalue weighted by atomic mass is 10.1. The second-order valence-corrected chi connectivity index (χ2v) is 5.83. The first-order valence-corrected chi connectivity index (χ1v) is 5.66. The average molecular weight is 212 g/mol. The van der Waals surface area contributed by atoms with E-state index < -0.39 is 0 Å². The van der Waals surface area contributed by atoms with Crippen LogP contribution in [0.15, 0.2) is 36.9 Å². The number of hydrogen-bond acceptors (Lipinski definition) is 2. The molecular formula is C9H16O2Si2. The van der Waals surface area contributed by atoms with E-state index in [1.54, 1.807) is 12.1 Å². The van der Waals surface area contributed by atoms with E-state index >= 15 is 0 Å². The van der Waals surface area contributed by atoms with Crippen molar-refractivity contribution in [3.05, 3.63) is 42.5 Å². The molecule has 2 nitrogen and oxygen atoms in total. The minimum Gasteiger partial charge on any atom is -0.508 e. The highest BCUT2D eigenvalue weighted by Crippen LogP contribution is 2.09. The molecule has 1 aromatic carbocycles. The van der Waals surface area contributed by atoms with Crippen molar-refractivity contribution in [2.45, 2.75) is 6.42 Å². The Hall–Kier alpha value is -0.846. The zero-order chi connectivity index (χ0) is 10.1. The van der Waals surface area contributed by atoms with E-state index in [1.807, 2.05) is 18.2 Å². The maximum atomic E-state index is 8.90. The summed E-state index contributed by atoms with van der Waals surface area (Å²) in [5.74, 6) is 0.313. The number of allylic oxidation sites excluding steroid dienone is 1. The summed E-state index contributed by atoms with van der Waals surface area (Å²) in [4.78, 5) is 0. The maximum absolute atomic E-state index is 8.90. The minimum absolute atomic E-state index is 0.313. The first-order chi connectivity index (χ1) is 6.24. The van der Waals surface area contributed by atoms with Crippen molar-refractivity contribution in [1.29, 1.82) is 0 Å². The molecule has 72 valence electrons. The molecule has 0 radical (unpaired) electrons. The fourth-order valence-electron chi connectivity index (χ4n) is 0.799. The van der Waals surface area contributed by atoms with Crippen molar-refractivity contribution in [2.24, 2.45) is 0 Å². The molecule has 4 heteroatoms. The molecule has 0 aromatic heterocycles. The third-order valence-electron chi connectivity index (χ3n) is 1.32. The largest absolute Gasteiger partial charge is 0.508 e. The molecule has 0 saturated heterocycles. The Balaban J connectivity index is 0.000000424. The summed E-state index contributed by atoms with van der Waals surface area (Å²) in [6, 6.07) is 7.13. The number of aromatic hydroxyl groups is 1. The highest BCUT2D eigenvalue weighted by atomic mass is 28.3. The third kappa shape index (κ3) is 6.33. The van der Waals surface area contributed by atoms with E-state index in [4.69, 9.17) is 5.11 Å². The molecule has 0 bridgehead atoms. The molecule has 0 fully saturated rings. The van der Waals surface area contributed by atoms with Gasteiger partial charge in [-0.2, -0.15) is 0 Å². The number of hydrogen-bond donors (Lipinski definition) is 1. The summed E-state index contributed by atoms with van der Waals surface area (Å²) in [6.07, 6.45) is 2.70. The third-order valence-corrected chi connectivity index (χ3v) is 1.32. The standard InChI is InChI=1S/C9H10O.H6OSi2/c1-2-3-8-4-6-9(10)7-5-8;2-1-3/h2,4-7,10H,1,3H2;2-3H3. The topological polar surface area (TPSA) is 29.5 Å². The van der Waals surface area contributed by atoms with Gasteiger partial charge < -0.3 is 9.22 Å². The zero-order valence-corrected chi connectivity index (χ0v) is 12.2. The fraction of sp³-hybridized carbons (Fsp3) is 0.111. The SMILES string of the molecule is C=CCc1ccc(O)cc1.[SiH3]O[SiH3]. The summed E-state index contributed by atoms with van der Waals surface area (Å²) in [6.45, 7) is 3.62. The fourth-order valence-corrected chi connectivity index (χ4v) is 0.799. The van der Waals surface area contributed by atoms with Gasteiger partial charge in [0.05, 0.1) is 0 Å². The number of phenolic OH excluding ortho intramolecular Hbond substituents is 1. The first kappa shape index (κ1) is 12.2. The summed E-state index contributed by atoms with van der Waals surface area (Å²) >= 11 is 0. The Morgan fingerprint density at radius 2 is 1.77 bits per heavy atom. The van der Waals surface area contributed by atoms with Crippen LogP contribution >= 0.6 is 0 Å². The lowest BCUT2D eigenvalue weighted by Crippen LogP contribution is -1.77. The van der Waals surface area contributed by atoms with Crippen LogP contribution < -0.4 is 0 Å². The van der Waals surface area contributed by atoms with E-state index in [9.17, 15) is 0 Å². The monoisotopic (exact) mass is 212 g/mol. The normalized spacial score (nSPS) is 8.92. The molecule has 13 heavy (non-hydrogen) atoms. The number of benzene rings is 1.